The molecule has 1 aromatic heterocycles. The minimum atomic E-state index is -0.297. The number of pyridine rings is 1. The molecule has 1 N–H and O–H groups in total. The molecule has 2 aromatic rings. The standard InChI is InChI=1S/C32H45N5O3/c1-6-16-32(4,5)31(40)36(7-2)18-9-10-24-14-19-35(20-15-24)22-28(38)37-27-13-12-23(3)21-25(27)30(39)34-26-11-8-17-33-29(26)37/h8,11-13,17,21,24H,6-7,9-10,14-16,18-20,22H2,1-5H3,(H,34,39). The van der Waals surface area contributed by atoms with Crippen molar-refractivity contribution < 1.29 is 14.4 Å². The zero-order chi connectivity index (χ0) is 28.9. The highest BCUT2D eigenvalue weighted by molar-refractivity contribution is 6.17. The summed E-state index contributed by atoms with van der Waals surface area (Å²) in [5, 5.41) is 2.92. The largest absolute Gasteiger partial charge is 0.343 e. The van der Waals surface area contributed by atoms with Crippen LogP contribution in [-0.2, 0) is 9.59 Å². The van der Waals surface area contributed by atoms with Gasteiger partial charge in [-0.15, -0.1) is 0 Å². The van der Waals surface area contributed by atoms with Gasteiger partial charge in [-0.2, -0.15) is 0 Å². The topological polar surface area (TPSA) is 85.9 Å². The molecular weight excluding hydrogens is 502 g/mol. The minimum absolute atomic E-state index is 0.0909. The van der Waals surface area contributed by atoms with Gasteiger partial charge in [0.05, 0.1) is 23.5 Å². The van der Waals surface area contributed by atoms with Gasteiger partial charge in [-0.3, -0.25) is 24.2 Å². The molecule has 8 nitrogen and oxygen atoms in total. The Morgan fingerprint density at radius 3 is 2.60 bits per heavy atom. The van der Waals surface area contributed by atoms with E-state index in [2.05, 4.69) is 42.9 Å². The third-order valence-corrected chi connectivity index (χ3v) is 8.36. The van der Waals surface area contributed by atoms with Crippen LogP contribution in [-0.4, -0.2) is 65.2 Å². The van der Waals surface area contributed by atoms with E-state index in [1.54, 1.807) is 23.2 Å². The van der Waals surface area contributed by atoms with E-state index in [1.807, 2.05) is 30.0 Å². The van der Waals surface area contributed by atoms with E-state index in [0.29, 0.717) is 28.7 Å². The molecule has 40 heavy (non-hydrogen) atoms. The second-order valence-electron chi connectivity index (χ2n) is 12.0. The van der Waals surface area contributed by atoms with Crippen LogP contribution in [0.5, 0.6) is 0 Å². The number of amides is 3. The summed E-state index contributed by atoms with van der Waals surface area (Å²) in [6.07, 6.45) is 7.77. The third-order valence-electron chi connectivity index (χ3n) is 8.36. The van der Waals surface area contributed by atoms with Crippen LogP contribution in [0.3, 0.4) is 0 Å². The molecule has 0 saturated carbocycles. The fourth-order valence-electron chi connectivity index (χ4n) is 6.08. The maximum absolute atomic E-state index is 13.8. The van der Waals surface area contributed by atoms with Crippen LogP contribution in [0.4, 0.5) is 17.2 Å². The van der Waals surface area contributed by atoms with Gasteiger partial charge in [-0.05, 0) is 89.2 Å². The number of anilines is 3. The summed E-state index contributed by atoms with van der Waals surface area (Å²) in [5.74, 6) is 1.00. The lowest BCUT2D eigenvalue weighted by atomic mass is 9.86. The van der Waals surface area contributed by atoms with Gasteiger partial charge in [0, 0.05) is 24.7 Å². The first-order chi connectivity index (χ1) is 19.1. The number of hydrogen-bond acceptors (Lipinski definition) is 5. The summed E-state index contributed by atoms with van der Waals surface area (Å²) in [5.41, 5.74) is 2.24. The van der Waals surface area contributed by atoms with Crippen LogP contribution >= 0.6 is 0 Å². The number of rotatable bonds is 10. The highest BCUT2D eigenvalue weighted by Crippen LogP contribution is 2.37. The number of nitrogens with zero attached hydrogens (tertiary/aromatic N) is 4. The van der Waals surface area contributed by atoms with Crippen molar-refractivity contribution in [3.8, 4) is 0 Å². The second-order valence-corrected chi connectivity index (χ2v) is 12.0. The van der Waals surface area contributed by atoms with E-state index in [9.17, 15) is 14.4 Å². The molecule has 1 saturated heterocycles. The first-order valence-corrected chi connectivity index (χ1v) is 14.9. The number of nitrogens with one attached hydrogen (secondary N) is 1. The first kappa shape index (κ1) is 29.7. The van der Waals surface area contributed by atoms with Crippen LogP contribution in [0.15, 0.2) is 36.5 Å². The lowest BCUT2D eigenvalue weighted by Gasteiger charge is -2.34. The van der Waals surface area contributed by atoms with Crippen molar-refractivity contribution in [2.24, 2.45) is 11.3 Å². The average molecular weight is 548 g/mol. The van der Waals surface area contributed by atoms with Crippen molar-refractivity contribution >= 4 is 34.9 Å². The van der Waals surface area contributed by atoms with Gasteiger partial charge in [0.2, 0.25) is 11.8 Å². The molecule has 0 radical (unpaired) electrons. The molecule has 0 aliphatic carbocycles. The number of carbonyl (C=O) groups excluding carboxylic acids is 3. The number of aryl methyl sites for hydroxylation is 1. The van der Waals surface area contributed by atoms with Crippen molar-refractivity contribution in [2.45, 2.75) is 73.1 Å². The maximum Gasteiger partial charge on any atom is 0.257 e. The highest BCUT2D eigenvalue weighted by Gasteiger charge is 2.33. The molecule has 4 rings (SSSR count). The molecule has 8 heteroatoms. The number of fused-ring (bicyclic) bond motifs is 2. The summed E-state index contributed by atoms with van der Waals surface area (Å²) >= 11 is 0. The van der Waals surface area contributed by atoms with Gasteiger partial charge < -0.3 is 10.2 Å². The molecule has 0 bridgehead atoms. The quantitative estimate of drug-likeness (QED) is 0.407. The highest BCUT2D eigenvalue weighted by atomic mass is 16.2. The maximum atomic E-state index is 13.8. The number of likely N-dealkylation sites (tertiary alicyclic amines) is 1. The monoisotopic (exact) mass is 547 g/mol. The third kappa shape index (κ3) is 6.72. The summed E-state index contributed by atoms with van der Waals surface area (Å²) in [6, 6.07) is 9.12. The van der Waals surface area contributed by atoms with Gasteiger partial charge in [-0.25, -0.2) is 4.98 Å². The van der Waals surface area contributed by atoms with E-state index >= 15 is 0 Å². The summed E-state index contributed by atoms with van der Waals surface area (Å²) in [7, 11) is 0. The predicted octanol–water partition coefficient (Wildman–Crippen LogP) is 5.79. The Labute approximate surface area is 239 Å². The molecule has 0 spiro atoms. The molecule has 2 aliphatic heterocycles. The molecule has 1 fully saturated rings. The second kappa shape index (κ2) is 12.9. The zero-order valence-electron chi connectivity index (χ0n) is 24.8. The predicted molar refractivity (Wildman–Crippen MR) is 160 cm³/mol. The number of carbonyl (C=O) groups is 3. The Kier molecular flexibility index (Phi) is 9.61. The number of piperidine rings is 1. The Morgan fingerprint density at radius 1 is 1.15 bits per heavy atom. The Bertz CT molecular complexity index is 1220. The Hall–Kier alpha value is -3.26. The van der Waals surface area contributed by atoms with Crippen molar-refractivity contribution in [1.29, 1.82) is 0 Å². The van der Waals surface area contributed by atoms with Crippen LogP contribution in [0.25, 0.3) is 0 Å². The SMILES string of the molecule is CCCC(C)(C)C(=O)N(CC)CCCC1CCN(CC(=O)N2c3ccc(C)cc3C(=O)Nc3cccnc32)CC1. The van der Waals surface area contributed by atoms with Crippen LogP contribution in [0.2, 0.25) is 0 Å². The minimum Gasteiger partial charge on any atom is -0.343 e. The van der Waals surface area contributed by atoms with Crippen LogP contribution in [0.1, 0.15) is 82.1 Å². The molecule has 0 atom stereocenters. The van der Waals surface area contributed by atoms with Gasteiger partial charge in [0.25, 0.3) is 5.91 Å². The van der Waals surface area contributed by atoms with Gasteiger partial charge >= 0.3 is 0 Å². The molecule has 1 aromatic carbocycles. The molecule has 3 amide bonds. The number of hydrogen-bond donors (Lipinski definition) is 1. The summed E-state index contributed by atoms with van der Waals surface area (Å²) in [4.78, 5) is 50.1. The Balaban J connectivity index is 1.34. The van der Waals surface area contributed by atoms with Crippen molar-refractivity contribution in [3.63, 3.8) is 0 Å². The van der Waals surface area contributed by atoms with Gasteiger partial charge in [0.1, 0.15) is 0 Å². The number of aromatic nitrogens is 1. The fraction of sp³-hybridized carbons (Fsp3) is 0.562. The van der Waals surface area contributed by atoms with Crippen molar-refractivity contribution in [2.75, 3.05) is 42.9 Å². The lowest BCUT2D eigenvalue weighted by Crippen LogP contribution is -2.43. The van der Waals surface area contributed by atoms with Gasteiger partial charge in [0.15, 0.2) is 5.82 Å². The Morgan fingerprint density at radius 2 is 1.90 bits per heavy atom. The normalized spacial score (nSPS) is 16.1. The van der Waals surface area contributed by atoms with Crippen molar-refractivity contribution in [1.82, 2.24) is 14.8 Å². The number of benzene rings is 1. The van der Waals surface area contributed by atoms with E-state index in [1.165, 1.54) is 0 Å². The molecule has 2 aliphatic rings. The molecule has 3 heterocycles. The van der Waals surface area contributed by atoms with E-state index in [-0.39, 0.29) is 29.7 Å². The summed E-state index contributed by atoms with van der Waals surface area (Å²) < 4.78 is 0. The molecule has 216 valence electrons. The fourth-order valence-corrected chi connectivity index (χ4v) is 6.08. The molecular formula is C32H45N5O3. The van der Waals surface area contributed by atoms with E-state index in [0.717, 1.165) is 70.3 Å². The molecule has 0 unspecified atom stereocenters. The first-order valence-electron chi connectivity index (χ1n) is 14.9. The lowest BCUT2D eigenvalue weighted by molar-refractivity contribution is -0.140. The van der Waals surface area contributed by atoms with Crippen molar-refractivity contribution in [3.05, 3.63) is 47.7 Å². The van der Waals surface area contributed by atoms with Gasteiger partial charge in [-0.1, -0.05) is 38.8 Å². The summed E-state index contributed by atoms with van der Waals surface area (Å²) in [6.45, 7) is 13.8. The van der Waals surface area contributed by atoms with E-state index < -0.39 is 0 Å². The van der Waals surface area contributed by atoms with Crippen LogP contribution < -0.4 is 10.2 Å². The smallest absolute Gasteiger partial charge is 0.257 e. The van der Waals surface area contributed by atoms with E-state index in [4.69, 9.17) is 0 Å². The van der Waals surface area contributed by atoms with Crippen LogP contribution in [0, 0.1) is 18.3 Å². The zero-order valence-corrected chi connectivity index (χ0v) is 24.8. The average Bonchev–Trinajstić information content (AvgIpc) is 3.05.